The molecule has 0 saturated heterocycles. The van der Waals surface area contributed by atoms with E-state index in [0.717, 1.165) is 11.1 Å². The second kappa shape index (κ2) is 5.87. The molecule has 0 unspecified atom stereocenters. The van der Waals surface area contributed by atoms with Crippen molar-refractivity contribution in [2.75, 3.05) is 0 Å². The number of aliphatic carboxylic acids is 1. The highest BCUT2D eigenvalue weighted by Crippen LogP contribution is 2.36. The second-order valence-corrected chi connectivity index (χ2v) is 5.30. The van der Waals surface area contributed by atoms with Crippen molar-refractivity contribution >= 4 is 11.8 Å². The Morgan fingerprint density at radius 1 is 1.35 bits per heavy atom. The molecule has 0 saturated carbocycles. The molecule has 0 aliphatic heterocycles. The molecule has 0 amide bonds. The van der Waals surface area contributed by atoms with Crippen LogP contribution in [0, 0.1) is 5.92 Å². The van der Waals surface area contributed by atoms with E-state index >= 15 is 0 Å². The number of carboxylic acids is 1. The Morgan fingerprint density at radius 2 is 2.05 bits per heavy atom. The van der Waals surface area contributed by atoms with Crippen LogP contribution in [-0.2, 0) is 4.79 Å². The van der Waals surface area contributed by atoms with Gasteiger partial charge in [-0.2, -0.15) is 0 Å². The number of allylic oxidation sites excluding steroid dienone is 3. The summed E-state index contributed by atoms with van der Waals surface area (Å²) in [5, 5.41) is 8.71. The zero-order valence-electron chi connectivity index (χ0n) is 11.7. The van der Waals surface area contributed by atoms with Crippen molar-refractivity contribution < 1.29 is 14.7 Å². The van der Waals surface area contributed by atoms with Gasteiger partial charge in [0.2, 0.25) is 0 Å². The molecule has 0 radical (unpaired) electrons. The first kappa shape index (κ1) is 14.3. The van der Waals surface area contributed by atoms with E-state index in [1.165, 1.54) is 6.08 Å². The quantitative estimate of drug-likeness (QED) is 0.674. The molecule has 1 aliphatic rings. The highest BCUT2D eigenvalue weighted by molar-refractivity contribution is 5.99. The van der Waals surface area contributed by atoms with Gasteiger partial charge < -0.3 is 5.11 Å². The van der Waals surface area contributed by atoms with Gasteiger partial charge in [-0.1, -0.05) is 43.3 Å². The number of ketones is 1. The number of fused-ring (bicyclic) bond motifs is 1. The molecule has 20 heavy (non-hydrogen) atoms. The first-order valence-corrected chi connectivity index (χ1v) is 6.70. The lowest BCUT2D eigenvalue weighted by Crippen LogP contribution is -2.22. The summed E-state index contributed by atoms with van der Waals surface area (Å²) in [5.41, 5.74) is 2.52. The summed E-state index contributed by atoms with van der Waals surface area (Å²) in [6.45, 7) is 3.81. The SMILES string of the molecule is CC(=C/C(=O)O)/C=C/[C@H]1c2ccccc2C(=O)C[C@H]1C. The molecule has 0 heterocycles. The summed E-state index contributed by atoms with van der Waals surface area (Å²) < 4.78 is 0. The van der Waals surface area contributed by atoms with Gasteiger partial charge in [-0.15, -0.1) is 0 Å². The van der Waals surface area contributed by atoms with Crippen LogP contribution >= 0.6 is 0 Å². The number of carboxylic acid groups (broad SMARTS) is 1. The molecule has 104 valence electrons. The fourth-order valence-corrected chi connectivity index (χ4v) is 2.67. The van der Waals surface area contributed by atoms with Gasteiger partial charge >= 0.3 is 5.97 Å². The molecule has 1 aromatic rings. The number of carbonyl (C=O) groups excluding carboxylic acids is 1. The summed E-state index contributed by atoms with van der Waals surface area (Å²) in [5.74, 6) is -0.373. The summed E-state index contributed by atoms with van der Waals surface area (Å²) in [4.78, 5) is 22.6. The lowest BCUT2D eigenvalue weighted by Gasteiger charge is -2.28. The minimum Gasteiger partial charge on any atom is -0.478 e. The van der Waals surface area contributed by atoms with Crippen molar-refractivity contribution in [2.24, 2.45) is 5.92 Å². The van der Waals surface area contributed by atoms with Gasteiger partial charge in [-0.3, -0.25) is 4.79 Å². The Labute approximate surface area is 118 Å². The third-order valence-corrected chi connectivity index (χ3v) is 3.66. The van der Waals surface area contributed by atoms with Crippen LogP contribution in [0.1, 0.15) is 42.1 Å². The topological polar surface area (TPSA) is 54.4 Å². The fraction of sp³-hybridized carbons (Fsp3) is 0.294. The third kappa shape index (κ3) is 3.05. The highest BCUT2D eigenvalue weighted by Gasteiger charge is 2.29. The zero-order chi connectivity index (χ0) is 14.7. The molecule has 1 aromatic carbocycles. The van der Waals surface area contributed by atoms with E-state index < -0.39 is 5.97 Å². The largest absolute Gasteiger partial charge is 0.478 e. The number of Topliss-reactive ketones (excluding diaryl/α,β-unsaturated/α-hetero) is 1. The summed E-state index contributed by atoms with van der Waals surface area (Å²) in [7, 11) is 0. The van der Waals surface area contributed by atoms with E-state index in [9.17, 15) is 9.59 Å². The summed E-state index contributed by atoms with van der Waals surface area (Å²) >= 11 is 0. The van der Waals surface area contributed by atoms with Gasteiger partial charge in [0.15, 0.2) is 5.78 Å². The lowest BCUT2D eigenvalue weighted by molar-refractivity contribution is -0.131. The minimum absolute atomic E-state index is 0.154. The molecule has 3 heteroatoms. The average molecular weight is 270 g/mol. The van der Waals surface area contributed by atoms with Crippen molar-refractivity contribution in [3.63, 3.8) is 0 Å². The van der Waals surface area contributed by atoms with Crippen LogP contribution < -0.4 is 0 Å². The van der Waals surface area contributed by atoms with Gasteiger partial charge in [0, 0.05) is 24.0 Å². The van der Waals surface area contributed by atoms with Gasteiger partial charge in [0.05, 0.1) is 0 Å². The molecule has 0 bridgehead atoms. The predicted octanol–water partition coefficient (Wildman–Crippen LogP) is 3.58. The Morgan fingerprint density at radius 3 is 2.75 bits per heavy atom. The van der Waals surface area contributed by atoms with Crippen LogP contribution in [0.25, 0.3) is 0 Å². The van der Waals surface area contributed by atoms with Crippen molar-refractivity contribution in [2.45, 2.75) is 26.2 Å². The average Bonchev–Trinajstić information content (AvgIpc) is 2.37. The standard InChI is InChI=1S/C17H18O3/c1-11(9-17(19)20)7-8-13-12(2)10-16(18)15-6-4-3-5-14(13)15/h3-9,12-13H,10H2,1-2H3,(H,19,20)/b8-7+,11-9-/t12-,13-/m1/s1. The van der Waals surface area contributed by atoms with Crippen molar-refractivity contribution in [1.29, 1.82) is 0 Å². The first-order chi connectivity index (χ1) is 9.49. The van der Waals surface area contributed by atoms with Gasteiger partial charge in [-0.05, 0) is 24.0 Å². The van der Waals surface area contributed by atoms with Crippen molar-refractivity contribution in [1.82, 2.24) is 0 Å². The first-order valence-electron chi connectivity index (χ1n) is 6.70. The smallest absolute Gasteiger partial charge is 0.328 e. The maximum Gasteiger partial charge on any atom is 0.328 e. The minimum atomic E-state index is -0.945. The predicted molar refractivity (Wildman–Crippen MR) is 77.8 cm³/mol. The molecule has 1 aliphatic carbocycles. The van der Waals surface area contributed by atoms with Crippen LogP contribution in [0.3, 0.4) is 0 Å². The highest BCUT2D eigenvalue weighted by atomic mass is 16.4. The van der Waals surface area contributed by atoms with Gasteiger partial charge in [0.1, 0.15) is 0 Å². The molecule has 3 nitrogen and oxygen atoms in total. The maximum atomic E-state index is 12.0. The van der Waals surface area contributed by atoms with Crippen LogP contribution in [0.2, 0.25) is 0 Å². The second-order valence-electron chi connectivity index (χ2n) is 5.30. The van der Waals surface area contributed by atoms with E-state index in [4.69, 9.17) is 5.11 Å². The van der Waals surface area contributed by atoms with Crippen molar-refractivity contribution in [3.8, 4) is 0 Å². The molecule has 0 aromatic heterocycles. The molecular formula is C17H18O3. The van der Waals surface area contributed by atoms with Gasteiger partial charge in [-0.25, -0.2) is 4.79 Å². The molecule has 2 atom stereocenters. The molecule has 0 fully saturated rings. The molecule has 2 rings (SSSR count). The Hall–Kier alpha value is -2.16. The summed E-state index contributed by atoms with van der Waals surface area (Å²) in [6.07, 6.45) is 5.54. The fourth-order valence-electron chi connectivity index (χ4n) is 2.67. The number of benzene rings is 1. The van der Waals surface area contributed by atoms with Crippen LogP contribution in [0.15, 0.2) is 48.1 Å². The van der Waals surface area contributed by atoms with Gasteiger partial charge in [0.25, 0.3) is 0 Å². The van der Waals surface area contributed by atoms with E-state index in [2.05, 4.69) is 6.92 Å². The molecule has 1 N–H and O–H groups in total. The molecule has 0 spiro atoms. The molecular weight excluding hydrogens is 252 g/mol. The van der Waals surface area contributed by atoms with Crippen LogP contribution in [-0.4, -0.2) is 16.9 Å². The zero-order valence-corrected chi connectivity index (χ0v) is 11.7. The Balaban J connectivity index is 2.32. The number of rotatable bonds is 3. The third-order valence-electron chi connectivity index (χ3n) is 3.66. The number of hydrogen-bond acceptors (Lipinski definition) is 2. The van der Waals surface area contributed by atoms with E-state index in [-0.39, 0.29) is 17.6 Å². The number of hydrogen-bond donors (Lipinski definition) is 1. The lowest BCUT2D eigenvalue weighted by atomic mass is 9.75. The van der Waals surface area contributed by atoms with Crippen molar-refractivity contribution in [3.05, 3.63) is 59.2 Å². The monoisotopic (exact) mass is 270 g/mol. The summed E-state index contributed by atoms with van der Waals surface area (Å²) in [6, 6.07) is 7.66. The normalized spacial score (nSPS) is 22.9. The Bertz CT molecular complexity index is 596. The van der Waals surface area contributed by atoms with E-state index in [1.54, 1.807) is 6.92 Å². The van der Waals surface area contributed by atoms with E-state index in [0.29, 0.717) is 12.0 Å². The maximum absolute atomic E-state index is 12.0. The number of carbonyl (C=O) groups is 2. The van der Waals surface area contributed by atoms with Crippen LogP contribution in [0.5, 0.6) is 0 Å². The van der Waals surface area contributed by atoms with Crippen LogP contribution in [0.4, 0.5) is 0 Å². The van der Waals surface area contributed by atoms with E-state index in [1.807, 2.05) is 36.4 Å². The Kier molecular flexibility index (Phi) is 4.18.